The molecule has 0 amide bonds. The summed E-state index contributed by atoms with van der Waals surface area (Å²) in [5.74, 6) is 0.730. The van der Waals surface area contributed by atoms with E-state index < -0.39 is 0 Å². The molecular weight excluding hydrogens is 130 g/mol. The summed E-state index contributed by atoms with van der Waals surface area (Å²) in [7, 11) is 0. The lowest BCUT2D eigenvalue weighted by Gasteiger charge is -1.97. The van der Waals surface area contributed by atoms with Crippen molar-refractivity contribution in [2.45, 2.75) is 6.42 Å². The van der Waals surface area contributed by atoms with Gasteiger partial charge in [-0.2, -0.15) is 0 Å². The first-order valence-corrected chi connectivity index (χ1v) is 3.29. The highest BCUT2D eigenvalue weighted by atomic mass is 16.3. The van der Waals surface area contributed by atoms with Crippen LogP contribution in [0.4, 0.5) is 5.88 Å². The second-order valence-corrected chi connectivity index (χ2v) is 1.96. The molecule has 1 aromatic heterocycles. The topological polar surface area (TPSA) is 45.1 Å². The Balaban J connectivity index is 2.15. The van der Waals surface area contributed by atoms with Crippen molar-refractivity contribution >= 4 is 5.88 Å². The van der Waals surface area contributed by atoms with Crippen molar-refractivity contribution < 1.29 is 9.52 Å². The van der Waals surface area contributed by atoms with Crippen LogP contribution in [-0.2, 0) is 5.11 Å². The van der Waals surface area contributed by atoms with Gasteiger partial charge in [0.25, 0.3) is 0 Å². The summed E-state index contributed by atoms with van der Waals surface area (Å²) in [5, 5.41) is 12.9. The summed E-state index contributed by atoms with van der Waals surface area (Å²) in [6, 6.07) is 3.63. The lowest BCUT2D eigenvalue weighted by Crippen LogP contribution is -2.01. The van der Waals surface area contributed by atoms with Gasteiger partial charge >= 0.3 is 0 Å². The highest BCUT2D eigenvalue weighted by Gasteiger charge is 1.90. The van der Waals surface area contributed by atoms with E-state index in [1.54, 1.807) is 12.3 Å². The van der Waals surface area contributed by atoms with Gasteiger partial charge in [0.1, 0.15) is 0 Å². The molecule has 3 heteroatoms. The van der Waals surface area contributed by atoms with Crippen molar-refractivity contribution in [2.24, 2.45) is 0 Å². The van der Waals surface area contributed by atoms with Crippen molar-refractivity contribution in [1.82, 2.24) is 0 Å². The molecule has 0 aliphatic heterocycles. The molecule has 0 aliphatic rings. The molecule has 0 spiro atoms. The van der Waals surface area contributed by atoms with Crippen molar-refractivity contribution in [2.75, 3.05) is 18.5 Å². The van der Waals surface area contributed by atoms with E-state index >= 15 is 0 Å². The number of anilines is 1. The van der Waals surface area contributed by atoms with Crippen LogP contribution in [0.3, 0.4) is 0 Å². The van der Waals surface area contributed by atoms with Gasteiger partial charge in [0.15, 0.2) is 5.88 Å². The standard InChI is InChI=1S/C7H10NO2/c9-5-2-4-8-7-3-1-6-10-7/h1,3,6,8H,2,4-5H2. The van der Waals surface area contributed by atoms with Gasteiger partial charge in [-0.05, 0) is 12.5 Å². The molecule has 0 saturated carbocycles. The minimum absolute atomic E-state index is 0.0340. The van der Waals surface area contributed by atoms with Crippen molar-refractivity contribution in [3.8, 4) is 0 Å². The lowest BCUT2D eigenvalue weighted by atomic mass is 10.4. The summed E-state index contributed by atoms with van der Waals surface area (Å²) < 4.78 is 4.97. The second-order valence-electron chi connectivity index (χ2n) is 1.96. The van der Waals surface area contributed by atoms with E-state index in [2.05, 4.69) is 5.32 Å². The normalized spacial score (nSPS) is 9.70. The Morgan fingerprint density at radius 1 is 1.60 bits per heavy atom. The molecule has 0 aliphatic carbocycles. The van der Waals surface area contributed by atoms with Gasteiger partial charge in [0, 0.05) is 12.6 Å². The molecule has 1 aromatic rings. The molecule has 0 saturated heterocycles. The summed E-state index contributed by atoms with van der Waals surface area (Å²) in [5.41, 5.74) is 0. The quantitative estimate of drug-likeness (QED) is 0.644. The largest absolute Gasteiger partial charge is 0.449 e. The first-order chi connectivity index (χ1) is 4.93. The third-order valence-corrected chi connectivity index (χ3v) is 1.14. The number of rotatable bonds is 4. The molecule has 1 N–H and O–H groups in total. The number of hydrogen-bond donors (Lipinski definition) is 1. The predicted molar refractivity (Wildman–Crippen MR) is 37.4 cm³/mol. The number of hydrogen-bond acceptors (Lipinski definition) is 2. The molecule has 1 radical (unpaired) electrons. The van der Waals surface area contributed by atoms with Crippen molar-refractivity contribution in [3.05, 3.63) is 18.4 Å². The molecule has 10 heavy (non-hydrogen) atoms. The lowest BCUT2D eigenvalue weighted by molar-refractivity contribution is 0.192. The maximum atomic E-state index is 9.99. The van der Waals surface area contributed by atoms with Crippen LogP contribution in [0, 0.1) is 0 Å². The average molecular weight is 140 g/mol. The van der Waals surface area contributed by atoms with Crippen LogP contribution in [-0.4, -0.2) is 13.2 Å². The van der Waals surface area contributed by atoms with E-state index in [4.69, 9.17) is 4.42 Å². The van der Waals surface area contributed by atoms with Crippen molar-refractivity contribution in [1.29, 1.82) is 0 Å². The van der Waals surface area contributed by atoms with Crippen molar-refractivity contribution in [3.63, 3.8) is 0 Å². The first-order valence-electron chi connectivity index (χ1n) is 3.29. The number of furan rings is 1. The van der Waals surface area contributed by atoms with Crippen LogP contribution in [0.5, 0.6) is 0 Å². The molecule has 0 unspecified atom stereocenters. The SMILES string of the molecule is [O]CCCNc1ccco1. The zero-order chi connectivity index (χ0) is 7.23. The molecule has 0 aromatic carbocycles. The Morgan fingerprint density at radius 2 is 2.50 bits per heavy atom. The molecule has 55 valence electrons. The Kier molecular flexibility index (Phi) is 2.83. The predicted octanol–water partition coefficient (Wildman–Crippen LogP) is 1.51. The maximum absolute atomic E-state index is 9.99. The molecule has 1 rings (SSSR count). The Hall–Kier alpha value is -0.960. The Labute approximate surface area is 59.7 Å². The minimum Gasteiger partial charge on any atom is -0.449 e. The molecule has 1 heterocycles. The molecule has 0 fully saturated rings. The molecular formula is C7H10NO2. The van der Waals surface area contributed by atoms with Gasteiger partial charge in [-0.15, -0.1) is 0 Å². The van der Waals surface area contributed by atoms with E-state index in [0.29, 0.717) is 13.0 Å². The third-order valence-electron chi connectivity index (χ3n) is 1.14. The monoisotopic (exact) mass is 140 g/mol. The van der Waals surface area contributed by atoms with Crippen LogP contribution in [0.25, 0.3) is 0 Å². The minimum atomic E-state index is -0.0340. The zero-order valence-electron chi connectivity index (χ0n) is 5.67. The molecule has 0 atom stereocenters. The van der Waals surface area contributed by atoms with Crippen LogP contribution in [0.2, 0.25) is 0 Å². The van der Waals surface area contributed by atoms with Crippen LogP contribution >= 0.6 is 0 Å². The highest BCUT2D eigenvalue weighted by Crippen LogP contribution is 2.05. The van der Waals surface area contributed by atoms with E-state index in [1.165, 1.54) is 0 Å². The van der Waals surface area contributed by atoms with Gasteiger partial charge in [-0.1, -0.05) is 0 Å². The van der Waals surface area contributed by atoms with Gasteiger partial charge in [-0.25, -0.2) is 5.11 Å². The summed E-state index contributed by atoms with van der Waals surface area (Å²) in [6.45, 7) is 0.657. The first kappa shape index (κ1) is 7.15. The highest BCUT2D eigenvalue weighted by molar-refractivity contribution is 5.29. The Morgan fingerprint density at radius 3 is 3.10 bits per heavy atom. The van der Waals surface area contributed by atoms with Crippen LogP contribution < -0.4 is 5.32 Å². The van der Waals surface area contributed by atoms with Gasteiger partial charge in [0.05, 0.1) is 12.9 Å². The Bertz CT molecular complexity index is 160. The molecule has 3 nitrogen and oxygen atoms in total. The van der Waals surface area contributed by atoms with Gasteiger partial charge in [0.2, 0.25) is 0 Å². The van der Waals surface area contributed by atoms with Crippen LogP contribution in [0.15, 0.2) is 22.8 Å². The van der Waals surface area contributed by atoms with E-state index in [0.717, 1.165) is 5.88 Å². The van der Waals surface area contributed by atoms with Gasteiger partial charge < -0.3 is 9.73 Å². The summed E-state index contributed by atoms with van der Waals surface area (Å²) >= 11 is 0. The fourth-order valence-corrected chi connectivity index (χ4v) is 0.663. The smallest absolute Gasteiger partial charge is 0.192 e. The fourth-order valence-electron chi connectivity index (χ4n) is 0.663. The van der Waals surface area contributed by atoms with Crippen LogP contribution in [0.1, 0.15) is 6.42 Å². The van der Waals surface area contributed by atoms with E-state index in [9.17, 15) is 5.11 Å². The number of nitrogens with one attached hydrogen (secondary N) is 1. The summed E-state index contributed by atoms with van der Waals surface area (Å²) in [6.07, 6.45) is 2.24. The van der Waals surface area contributed by atoms with E-state index in [1.807, 2.05) is 6.07 Å². The summed E-state index contributed by atoms with van der Waals surface area (Å²) in [4.78, 5) is 0. The molecule has 0 bridgehead atoms. The second kappa shape index (κ2) is 3.95. The third kappa shape index (κ3) is 2.11. The fraction of sp³-hybridized carbons (Fsp3) is 0.429. The van der Waals surface area contributed by atoms with Gasteiger partial charge in [-0.3, -0.25) is 0 Å². The zero-order valence-corrected chi connectivity index (χ0v) is 5.67. The maximum Gasteiger partial charge on any atom is 0.192 e. The van der Waals surface area contributed by atoms with E-state index in [-0.39, 0.29) is 6.61 Å². The average Bonchev–Trinajstić information content (AvgIpc) is 2.41.